The van der Waals surface area contributed by atoms with Gasteiger partial charge in [0.25, 0.3) is 0 Å². The van der Waals surface area contributed by atoms with Crippen LogP contribution < -0.4 is 0 Å². The van der Waals surface area contributed by atoms with E-state index in [0.717, 1.165) is 50.5 Å². The molecule has 2 rings (SSSR count). The van der Waals surface area contributed by atoms with Crippen molar-refractivity contribution < 1.29 is 32.7 Å². The Kier molecular flexibility index (Phi) is 25.1. The van der Waals surface area contributed by atoms with Crippen LogP contribution in [0.15, 0.2) is 11.6 Å². The highest BCUT2D eigenvalue weighted by Crippen LogP contribution is 2.33. The number of ether oxygens (including phenoxy) is 3. The lowest BCUT2D eigenvalue weighted by Gasteiger charge is -2.33. The first-order valence-corrected chi connectivity index (χ1v) is 29.6. The molecule has 316 valence electrons. The molecule has 0 aromatic heterocycles. The van der Waals surface area contributed by atoms with E-state index in [4.69, 9.17) is 23.1 Å². The van der Waals surface area contributed by atoms with Crippen molar-refractivity contribution in [2.24, 2.45) is 0 Å². The van der Waals surface area contributed by atoms with Gasteiger partial charge in [0.05, 0.1) is 18.3 Å². The first-order chi connectivity index (χ1) is 25.7. The van der Waals surface area contributed by atoms with Crippen LogP contribution in [0.4, 0.5) is 0 Å². The minimum atomic E-state index is -1.80. The maximum absolute atomic E-state index is 12.4. The molecule has 2 aliphatic rings. The van der Waals surface area contributed by atoms with Crippen LogP contribution in [0.2, 0.25) is 39.3 Å². The molecule has 1 fully saturated rings. The Morgan fingerprint density at radius 1 is 0.685 bits per heavy atom. The number of carbonyl (C=O) groups excluding carboxylic acids is 2. The lowest BCUT2D eigenvalue weighted by molar-refractivity contribution is -0.158. The molecule has 0 spiro atoms. The number of hydrogen-bond acceptors (Lipinski definition) is 7. The van der Waals surface area contributed by atoms with Crippen molar-refractivity contribution in [2.75, 3.05) is 0 Å². The normalized spacial score (nSPS) is 20.9. The summed E-state index contributed by atoms with van der Waals surface area (Å²) in [6.07, 6.45) is 32.9. The second-order valence-corrected chi connectivity index (χ2v) is 27.6. The quantitative estimate of drug-likeness (QED) is 0.0372. The Morgan fingerprint density at radius 2 is 1.15 bits per heavy atom. The Bertz CT molecular complexity index is 1040. The number of rotatable bonds is 33. The van der Waals surface area contributed by atoms with Gasteiger partial charge in [-0.25, -0.2) is 4.79 Å². The fraction of sp³-hybridized carbons (Fsp3) is 0.911. The summed E-state index contributed by atoms with van der Waals surface area (Å²) in [6.45, 7) is 19.4. The van der Waals surface area contributed by atoms with E-state index in [1.54, 1.807) is 0 Å². The van der Waals surface area contributed by atoms with Crippen LogP contribution >= 0.6 is 0 Å². The van der Waals surface area contributed by atoms with E-state index in [1.807, 2.05) is 13.0 Å². The summed E-state index contributed by atoms with van der Waals surface area (Å²) in [5.74, 6) is -0.350. The Hall–Kier alpha value is -1.01. The number of carbonyl (C=O) groups is 2. The summed E-state index contributed by atoms with van der Waals surface area (Å²) in [5, 5.41) is 0. The Balaban J connectivity index is 1.76. The topological polar surface area (TPSA) is 80.3 Å². The van der Waals surface area contributed by atoms with Gasteiger partial charge in [-0.15, -0.1) is 0 Å². The van der Waals surface area contributed by atoms with E-state index in [0.29, 0.717) is 6.42 Å². The first-order valence-electron chi connectivity index (χ1n) is 22.8. The minimum absolute atomic E-state index is 0.0547. The summed E-state index contributed by atoms with van der Waals surface area (Å²) in [5.41, 5.74) is 0.869. The zero-order valence-electron chi connectivity index (χ0n) is 36.8. The molecule has 0 N–H and O–H groups in total. The van der Waals surface area contributed by atoms with Gasteiger partial charge < -0.3 is 23.1 Å². The average molecular weight is 795 g/mol. The van der Waals surface area contributed by atoms with Gasteiger partial charge in [0.2, 0.25) is 0 Å². The molecule has 6 atom stereocenters. The van der Waals surface area contributed by atoms with Crippen LogP contribution in [0, 0.1) is 0 Å². The zero-order valence-corrected chi connectivity index (χ0v) is 38.8. The molecule has 1 saturated heterocycles. The van der Waals surface area contributed by atoms with Crippen LogP contribution in [0.3, 0.4) is 0 Å². The second kappa shape index (κ2) is 27.6. The zero-order chi connectivity index (χ0) is 39.8. The molecular formula is C45H86O7Si2. The maximum atomic E-state index is 12.4. The molecule has 2 heterocycles. The summed E-state index contributed by atoms with van der Waals surface area (Å²) in [4.78, 5) is 24.1. The van der Waals surface area contributed by atoms with Crippen molar-refractivity contribution in [3.05, 3.63) is 11.6 Å². The monoisotopic (exact) mass is 795 g/mol. The molecule has 9 heteroatoms. The number of hydrogen-bond donors (Lipinski definition) is 0. The Labute approximate surface area is 335 Å². The highest BCUT2D eigenvalue weighted by atomic mass is 28.4. The number of cyclic esters (lactones) is 1. The summed E-state index contributed by atoms with van der Waals surface area (Å²) in [6, 6.07) is 0. The lowest BCUT2D eigenvalue weighted by atomic mass is 9.98. The fourth-order valence-corrected chi connectivity index (χ4v) is 10.6. The van der Waals surface area contributed by atoms with Crippen LogP contribution in [0.5, 0.6) is 0 Å². The van der Waals surface area contributed by atoms with E-state index in [1.165, 1.54) is 122 Å². The second-order valence-electron chi connectivity index (χ2n) is 18.6. The van der Waals surface area contributed by atoms with Gasteiger partial charge in [-0.1, -0.05) is 129 Å². The van der Waals surface area contributed by atoms with Crippen LogP contribution in [-0.4, -0.2) is 65.2 Å². The third-order valence-corrected chi connectivity index (χ3v) is 12.9. The van der Waals surface area contributed by atoms with Crippen molar-refractivity contribution in [3.63, 3.8) is 0 Å². The molecule has 7 nitrogen and oxygen atoms in total. The molecule has 0 unspecified atom stereocenters. The highest BCUT2D eigenvalue weighted by molar-refractivity contribution is 6.70. The van der Waals surface area contributed by atoms with Gasteiger partial charge in [-0.2, -0.15) is 0 Å². The van der Waals surface area contributed by atoms with Crippen LogP contribution in [0.25, 0.3) is 0 Å². The predicted molar refractivity (Wildman–Crippen MR) is 230 cm³/mol. The molecule has 0 saturated carbocycles. The molecule has 0 amide bonds. The van der Waals surface area contributed by atoms with Crippen LogP contribution in [0.1, 0.15) is 188 Å². The van der Waals surface area contributed by atoms with Crippen molar-refractivity contribution in [2.45, 2.75) is 264 Å². The molecule has 0 radical (unpaired) electrons. The highest BCUT2D eigenvalue weighted by Gasteiger charge is 2.40. The van der Waals surface area contributed by atoms with Gasteiger partial charge in [0.1, 0.15) is 12.2 Å². The third-order valence-electron chi connectivity index (χ3n) is 10.8. The van der Waals surface area contributed by atoms with E-state index in [9.17, 15) is 9.59 Å². The van der Waals surface area contributed by atoms with Gasteiger partial charge >= 0.3 is 11.9 Å². The number of unbranched alkanes of at least 4 members (excludes halogenated alkanes) is 18. The van der Waals surface area contributed by atoms with Crippen molar-refractivity contribution in [1.29, 1.82) is 0 Å². The summed E-state index contributed by atoms with van der Waals surface area (Å²) >= 11 is 0. The molecule has 0 aromatic rings. The van der Waals surface area contributed by atoms with E-state index in [2.05, 4.69) is 46.2 Å². The maximum Gasteiger partial charge on any atom is 0.334 e. The average Bonchev–Trinajstić information content (AvgIpc) is 3.69. The molecule has 0 bridgehead atoms. The largest absolute Gasteiger partial charge is 0.460 e. The van der Waals surface area contributed by atoms with Crippen molar-refractivity contribution >= 4 is 28.6 Å². The predicted octanol–water partition coefficient (Wildman–Crippen LogP) is 13.2. The minimum Gasteiger partial charge on any atom is -0.460 e. The van der Waals surface area contributed by atoms with Crippen LogP contribution in [-0.2, 0) is 32.7 Å². The van der Waals surface area contributed by atoms with Gasteiger partial charge in [-0.05, 0) is 90.8 Å². The van der Waals surface area contributed by atoms with E-state index < -0.39 is 16.6 Å². The van der Waals surface area contributed by atoms with Gasteiger partial charge in [0.15, 0.2) is 16.6 Å². The smallest absolute Gasteiger partial charge is 0.334 e. The molecule has 2 aliphatic heterocycles. The Morgan fingerprint density at radius 3 is 1.61 bits per heavy atom. The molecule has 54 heavy (non-hydrogen) atoms. The molecule has 0 aromatic carbocycles. The van der Waals surface area contributed by atoms with Crippen molar-refractivity contribution in [1.82, 2.24) is 0 Å². The standard InChI is InChI=1S/C45H86O7Si2/c1-10-11-12-13-14-15-20-23-26-29-32-43(52-54(7,8)9)41-33-34-42(50-41)44(49-38(3)46)36-40(51-53(4,5)6)31-28-25-22-19-17-16-18-21-24-27-30-39-35-37(2)48-45(39)47/h35,37,40-44H,10-34,36H2,1-9H3/t37-,40+,41+,42+,43-,44+/m0/s1. The fourth-order valence-electron chi connectivity index (χ4n) is 8.23. The third kappa shape index (κ3) is 23.9. The SMILES string of the molecule is CCCCCCCCCCCC[C@H](O[Si](C)(C)C)[C@H]1CC[C@H]([C@@H](C[C@@H](CCCCCCCCCCCCC2=C[C@H](C)OC2=O)O[Si](C)(C)C)OC(C)=O)O1. The summed E-state index contributed by atoms with van der Waals surface area (Å²) in [7, 11) is -3.55. The lowest BCUT2D eigenvalue weighted by Crippen LogP contribution is -2.41. The summed E-state index contributed by atoms with van der Waals surface area (Å²) < 4.78 is 31.6. The van der Waals surface area contributed by atoms with Crippen molar-refractivity contribution in [3.8, 4) is 0 Å². The van der Waals surface area contributed by atoms with Gasteiger partial charge in [-0.3, -0.25) is 4.79 Å². The number of esters is 2. The molecule has 0 aliphatic carbocycles. The van der Waals surface area contributed by atoms with E-state index >= 15 is 0 Å². The molecular weight excluding hydrogens is 709 g/mol. The van der Waals surface area contributed by atoms with E-state index in [-0.39, 0.29) is 48.6 Å². The first kappa shape index (κ1) is 49.1. The van der Waals surface area contributed by atoms with Gasteiger partial charge in [0, 0.05) is 25.0 Å².